The Morgan fingerprint density at radius 2 is 1.00 bits per heavy atom. The highest BCUT2D eigenvalue weighted by Crippen LogP contribution is 2.09. The number of hydrazine groups is 2. The van der Waals surface area contributed by atoms with Crippen molar-refractivity contribution >= 4 is 23.2 Å². The lowest BCUT2D eigenvalue weighted by atomic mass is 10.3. The van der Waals surface area contributed by atoms with Gasteiger partial charge in [-0.05, 0) is 24.3 Å². The number of hydrogen-bond acceptors (Lipinski definition) is 4. The zero-order chi connectivity index (χ0) is 15.9. The summed E-state index contributed by atoms with van der Waals surface area (Å²) < 4.78 is 0. The second-order valence-corrected chi connectivity index (χ2v) is 4.67. The fourth-order valence-corrected chi connectivity index (χ4v) is 1.84. The molecule has 0 saturated carbocycles. The van der Waals surface area contributed by atoms with Gasteiger partial charge in [0.2, 0.25) is 0 Å². The number of nitrogens with one attached hydrogen (secondary N) is 2. The van der Waals surface area contributed by atoms with Gasteiger partial charge >= 0.3 is 11.8 Å². The SMILES string of the molecule is CN(NC(=O)C(=O)NN(C)c1ccccc1)c1ccccc1. The Balaban J connectivity index is 1.91. The Kier molecular flexibility index (Phi) is 4.98. The van der Waals surface area contributed by atoms with Crippen LogP contribution in [0.2, 0.25) is 0 Å². The van der Waals surface area contributed by atoms with Crippen molar-refractivity contribution in [3.8, 4) is 0 Å². The van der Waals surface area contributed by atoms with Crippen molar-refractivity contribution in [3.05, 3.63) is 60.7 Å². The first-order valence-corrected chi connectivity index (χ1v) is 6.77. The highest BCUT2D eigenvalue weighted by atomic mass is 16.2. The van der Waals surface area contributed by atoms with Crippen molar-refractivity contribution in [2.45, 2.75) is 0 Å². The molecular formula is C16H18N4O2. The van der Waals surface area contributed by atoms with Gasteiger partial charge in [-0.3, -0.25) is 30.5 Å². The molecule has 0 bridgehead atoms. The molecule has 0 aliphatic carbocycles. The summed E-state index contributed by atoms with van der Waals surface area (Å²) in [4.78, 5) is 23.8. The van der Waals surface area contributed by atoms with Crippen LogP contribution in [0.25, 0.3) is 0 Å². The van der Waals surface area contributed by atoms with Gasteiger partial charge in [0.15, 0.2) is 0 Å². The molecule has 0 fully saturated rings. The number of amides is 2. The summed E-state index contributed by atoms with van der Waals surface area (Å²) in [6.07, 6.45) is 0. The van der Waals surface area contributed by atoms with Crippen LogP contribution >= 0.6 is 0 Å². The lowest BCUT2D eigenvalue weighted by Crippen LogP contribution is -2.51. The van der Waals surface area contributed by atoms with Gasteiger partial charge in [-0.1, -0.05) is 36.4 Å². The number of rotatable bonds is 4. The molecule has 2 N–H and O–H groups in total. The number of anilines is 2. The zero-order valence-electron chi connectivity index (χ0n) is 12.5. The third-order valence-electron chi connectivity index (χ3n) is 3.03. The molecule has 2 aromatic carbocycles. The maximum atomic E-state index is 11.9. The summed E-state index contributed by atoms with van der Waals surface area (Å²) in [7, 11) is 3.34. The predicted molar refractivity (Wildman–Crippen MR) is 86.0 cm³/mol. The lowest BCUT2D eigenvalue weighted by Gasteiger charge is -2.22. The Hall–Kier alpha value is -3.02. The van der Waals surface area contributed by atoms with Crippen LogP contribution < -0.4 is 20.9 Å². The Labute approximate surface area is 129 Å². The molecular weight excluding hydrogens is 280 g/mol. The largest absolute Gasteiger partial charge is 0.329 e. The van der Waals surface area contributed by atoms with Crippen LogP contribution in [0, 0.1) is 0 Å². The summed E-state index contributed by atoms with van der Waals surface area (Å²) in [6.45, 7) is 0. The average molecular weight is 298 g/mol. The normalized spacial score (nSPS) is 9.73. The van der Waals surface area contributed by atoms with Crippen LogP contribution in [0.15, 0.2) is 60.7 Å². The molecule has 0 spiro atoms. The molecule has 0 unspecified atom stereocenters. The molecule has 114 valence electrons. The van der Waals surface area contributed by atoms with Crippen LogP contribution in [0.1, 0.15) is 0 Å². The van der Waals surface area contributed by atoms with Gasteiger partial charge in [0, 0.05) is 14.1 Å². The maximum Gasteiger partial charge on any atom is 0.329 e. The highest BCUT2D eigenvalue weighted by Gasteiger charge is 2.17. The van der Waals surface area contributed by atoms with Gasteiger partial charge < -0.3 is 0 Å². The number of carbonyl (C=O) groups is 2. The standard InChI is InChI=1S/C16H18N4O2/c1-19(13-9-5-3-6-10-13)17-15(21)16(22)18-20(2)14-11-7-4-8-12-14/h3-12H,1-2H3,(H,17,21)(H,18,22). The van der Waals surface area contributed by atoms with E-state index in [2.05, 4.69) is 10.9 Å². The van der Waals surface area contributed by atoms with Crippen molar-refractivity contribution in [2.75, 3.05) is 24.1 Å². The Morgan fingerprint density at radius 3 is 1.32 bits per heavy atom. The minimum absolute atomic E-state index is 0.742. The quantitative estimate of drug-likeness (QED) is 0.660. The van der Waals surface area contributed by atoms with Crippen molar-refractivity contribution < 1.29 is 9.59 Å². The molecule has 6 heteroatoms. The summed E-state index contributed by atoms with van der Waals surface area (Å²) in [5.74, 6) is -1.48. The molecule has 0 aliphatic heterocycles. The smallest absolute Gasteiger partial charge is 0.288 e. The van der Waals surface area contributed by atoms with Gasteiger partial charge in [0.25, 0.3) is 0 Å². The van der Waals surface area contributed by atoms with Crippen LogP contribution in [0.4, 0.5) is 11.4 Å². The van der Waals surface area contributed by atoms with Crippen molar-refractivity contribution in [3.63, 3.8) is 0 Å². The summed E-state index contributed by atoms with van der Waals surface area (Å²) in [5.41, 5.74) is 6.57. The van der Waals surface area contributed by atoms with Gasteiger partial charge in [-0.2, -0.15) is 0 Å². The Bertz CT molecular complexity index is 574. The molecule has 2 aromatic rings. The molecule has 0 atom stereocenters. The molecule has 0 aliphatic rings. The van der Waals surface area contributed by atoms with E-state index < -0.39 is 11.8 Å². The van der Waals surface area contributed by atoms with Gasteiger partial charge in [-0.15, -0.1) is 0 Å². The third kappa shape index (κ3) is 3.99. The van der Waals surface area contributed by atoms with Crippen LogP contribution in [-0.4, -0.2) is 25.9 Å². The van der Waals surface area contributed by atoms with E-state index in [1.54, 1.807) is 14.1 Å². The van der Waals surface area contributed by atoms with Crippen molar-refractivity contribution in [1.29, 1.82) is 0 Å². The van der Waals surface area contributed by atoms with E-state index in [0.29, 0.717) is 0 Å². The van der Waals surface area contributed by atoms with Gasteiger partial charge in [0.1, 0.15) is 0 Å². The molecule has 22 heavy (non-hydrogen) atoms. The summed E-state index contributed by atoms with van der Waals surface area (Å²) >= 11 is 0. The van der Waals surface area contributed by atoms with E-state index >= 15 is 0 Å². The predicted octanol–water partition coefficient (Wildman–Crippen LogP) is 1.32. The monoisotopic (exact) mass is 298 g/mol. The molecule has 0 aromatic heterocycles. The number of nitrogens with zero attached hydrogens (tertiary/aromatic N) is 2. The van der Waals surface area contributed by atoms with Crippen LogP contribution in [0.3, 0.4) is 0 Å². The van der Waals surface area contributed by atoms with Gasteiger partial charge in [0.05, 0.1) is 11.4 Å². The second kappa shape index (κ2) is 7.12. The zero-order valence-corrected chi connectivity index (χ0v) is 12.5. The first-order valence-electron chi connectivity index (χ1n) is 6.77. The van der Waals surface area contributed by atoms with E-state index in [4.69, 9.17) is 0 Å². The first-order chi connectivity index (χ1) is 10.6. The molecule has 0 radical (unpaired) electrons. The lowest BCUT2D eigenvalue weighted by molar-refractivity contribution is -0.139. The highest BCUT2D eigenvalue weighted by molar-refractivity contribution is 6.35. The Morgan fingerprint density at radius 1 is 0.682 bits per heavy atom. The summed E-state index contributed by atoms with van der Waals surface area (Å²) in [6, 6.07) is 18.5. The van der Waals surface area contributed by atoms with E-state index in [9.17, 15) is 9.59 Å². The van der Waals surface area contributed by atoms with E-state index in [-0.39, 0.29) is 0 Å². The topological polar surface area (TPSA) is 64.7 Å². The van der Waals surface area contributed by atoms with Crippen LogP contribution in [0.5, 0.6) is 0 Å². The molecule has 0 heterocycles. The van der Waals surface area contributed by atoms with Gasteiger partial charge in [-0.25, -0.2) is 0 Å². The van der Waals surface area contributed by atoms with E-state index in [0.717, 1.165) is 11.4 Å². The fourth-order valence-electron chi connectivity index (χ4n) is 1.84. The average Bonchev–Trinajstić information content (AvgIpc) is 2.56. The minimum Gasteiger partial charge on any atom is -0.288 e. The third-order valence-corrected chi connectivity index (χ3v) is 3.03. The van der Waals surface area contributed by atoms with E-state index in [1.165, 1.54) is 10.0 Å². The van der Waals surface area contributed by atoms with Crippen LogP contribution in [-0.2, 0) is 9.59 Å². The number of carbonyl (C=O) groups excluding carboxylic acids is 2. The second-order valence-electron chi connectivity index (χ2n) is 4.67. The molecule has 0 saturated heterocycles. The minimum atomic E-state index is -0.742. The molecule has 2 amide bonds. The maximum absolute atomic E-state index is 11.9. The summed E-state index contributed by atoms with van der Waals surface area (Å²) in [5, 5.41) is 2.98. The molecule has 6 nitrogen and oxygen atoms in total. The number of para-hydroxylation sites is 2. The van der Waals surface area contributed by atoms with Crippen molar-refractivity contribution in [2.24, 2.45) is 0 Å². The molecule has 2 rings (SSSR count). The number of hydrogen-bond donors (Lipinski definition) is 2. The first kappa shape index (κ1) is 15.4. The van der Waals surface area contributed by atoms with E-state index in [1.807, 2.05) is 60.7 Å². The fraction of sp³-hybridized carbons (Fsp3) is 0.125. The number of benzene rings is 2. The van der Waals surface area contributed by atoms with Crippen molar-refractivity contribution in [1.82, 2.24) is 10.9 Å².